The van der Waals surface area contributed by atoms with E-state index in [0.717, 1.165) is 0 Å². The van der Waals surface area contributed by atoms with E-state index in [0.29, 0.717) is 0 Å². The number of rotatable bonds is 9. The Morgan fingerprint density at radius 1 is 0.524 bits per heavy atom. The molecule has 42 heavy (non-hydrogen) atoms. The third kappa shape index (κ3) is 4.54. The van der Waals surface area contributed by atoms with Gasteiger partial charge in [0.1, 0.15) is 0 Å². The SMILES string of the molecule is C[CH2][Ge]([CH2]C)([CH2]C)[C]1(c2ccccc2)B(c2ccccc2)[C@@H](c2ccccc2)C(c2ccccc2)=C1c1ccccc1. The average molecular weight is 605 g/mol. The van der Waals surface area contributed by atoms with Crippen LogP contribution in [0.3, 0.4) is 0 Å². The second-order valence-corrected chi connectivity index (χ2v) is 23.3. The van der Waals surface area contributed by atoms with Crippen molar-refractivity contribution in [2.24, 2.45) is 0 Å². The zero-order valence-electron chi connectivity index (χ0n) is 25.2. The van der Waals surface area contributed by atoms with Gasteiger partial charge in [-0.3, -0.25) is 0 Å². The molecule has 1 heterocycles. The normalized spacial score (nSPS) is 18.8. The molecule has 0 saturated carbocycles. The molecule has 5 aromatic rings. The summed E-state index contributed by atoms with van der Waals surface area (Å²) in [6.07, 6.45) is 0. The van der Waals surface area contributed by atoms with E-state index in [9.17, 15) is 0 Å². The van der Waals surface area contributed by atoms with Crippen LogP contribution in [0.15, 0.2) is 152 Å². The van der Waals surface area contributed by atoms with Gasteiger partial charge < -0.3 is 0 Å². The first-order chi connectivity index (χ1) is 20.7. The zero-order chi connectivity index (χ0) is 29.0. The quantitative estimate of drug-likeness (QED) is 0.147. The van der Waals surface area contributed by atoms with E-state index < -0.39 is 13.3 Å². The Hall–Kier alpha value is -3.55. The Balaban J connectivity index is 1.89. The van der Waals surface area contributed by atoms with Gasteiger partial charge in [-0.05, 0) is 0 Å². The van der Waals surface area contributed by atoms with Crippen molar-refractivity contribution in [2.45, 2.75) is 46.5 Å². The molecule has 0 bridgehead atoms. The van der Waals surface area contributed by atoms with E-state index in [1.807, 2.05) is 0 Å². The fourth-order valence-electron chi connectivity index (χ4n) is 8.50. The van der Waals surface area contributed by atoms with Crippen LogP contribution < -0.4 is 5.46 Å². The van der Waals surface area contributed by atoms with Gasteiger partial charge in [-0.2, -0.15) is 0 Å². The summed E-state index contributed by atoms with van der Waals surface area (Å²) in [6, 6.07) is 57.4. The molecule has 2 atom stereocenters. The predicted octanol–water partition coefficient (Wildman–Crippen LogP) is 9.86. The minimum atomic E-state index is -2.81. The second-order valence-electron chi connectivity index (χ2n) is 11.8. The summed E-state index contributed by atoms with van der Waals surface area (Å²) in [4.78, 5) is 0. The minimum absolute atomic E-state index is 0.0894. The average Bonchev–Trinajstić information content (AvgIpc) is 3.41. The van der Waals surface area contributed by atoms with Crippen LogP contribution in [0.5, 0.6) is 0 Å². The Morgan fingerprint density at radius 3 is 1.45 bits per heavy atom. The molecule has 0 N–H and O–H groups in total. The van der Waals surface area contributed by atoms with E-state index in [2.05, 4.69) is 172 Å². The molecule has 0 radical (unpaired) electrons. The van der Waals surface area contributed by atoms with E-state index in [4.69, 9.17) is 0 Å². The Kier molecular flexibility index (Phi) is 8.40. The molecule has 5 aromatic carbocycles. The number of benzene rings is 5. The van der Waals surface area contributed by atoms with Gasteiger partial charge in [0, 0.05) is 0 Å². The van der Waals surface area contributed by atoms with Gasteiger partial charge in [-0.15, -0.1) is 0 Å². The van der Waals surface area contributed by atoms with Gasteiger partial charge in [0.05, 0.1) is 0 Å². The van der Waals surface area contributed by atoms with Crippen molar-refractivity contribution >= 4 is 36.6 Å². The van der Waals surface area contributed by atoms with Crippen molar-refractivity contribution in [1.29, 1.82) is 0 Å². The maximum absolute atomic E-state index is 2.81. The van der Waals surface area contributed by atoms with Gasteiger partial charge in [0.15, 0.2) is 0 Å². The molecular formula is C40H41BGe. The standard InChI is InChI=1S/C40H41BGe/c1-4-42(5-2,6-3)40(35-28-18-10-19-29-35)38(33-24-14-8-15-25-33)37(32-22-12-7-13-23-32)39(34-26-16-9-17-27-34)41(40)36-30-20-11-21-31-36/h7-31,39H,4-6H2,1-3H3/t39-,40?/m0/s1. The molecule has 1 unspecified atom stereocenters. The van der Waals surface area contributed by atoms with E-state index >= 15 is 0 Å². The van der Waals surface area contributed by atoms with Crippen LogP contribution in [-0.4, -0.2) is 20.0 Å². The first kappa shape index (κ1) is 28.6. The topological polar surface area (TPSA) is 0 Å². The molecule has 2 heteroatoms. The Labute approximate surface area is 256 Å². The van der Waals surface area contributed by atoms with Crippen molar-refractivity contribution < 1.29 is 0 Å². The molecule has 0 amide bonds. The molecule has 0 aromatic heterocycles. The van der Waals surface area contributed by atoms with E-state index in [1.165, 1.54) is 49.0 Å². The molecule has 0 aliphatic carbocycles. The molecule has 0 fully saturated rings. The fraction of sp³-hybridized carbons (Fsp3) is 0.200. The molecular weight excluding hydrogens is 564 g/mol. The van der Waals surface area contributed by atoms with Gasteiger partial charge in [-0.1, -0.05) is 0 Å². The van der Waals surface area contributed by atoms with Crippen molar-refractivity contribution in [3.8, 4) is 0 Å². The fourth-order valence-corrected chi connectivity index (χ4v) is 20.6. The molecule has 0 nitrogen and oxygen atoms in total. The number of hydrogen-bond donors (Lipinski definition) is 0. The van der Waals surface area contributed by atoms with E-state index in [-0.39, 0.29) is 16.7 Å². The Bertz CT molecular complexity index is 1600. The summed E-state index contributed by atoms with van der Waals surface area (Å²) in [5.41, 5.74) is 10.2. The third-order valence-electron chi connectivity index (χ3n) is 10.3. The maximum atomic E-state index is 2.51. The van der Waals surface area contributed by atoms with Gasteiger partial charge in [0.25, 0.3) is 0 Å². The van der Waals surface area contributed by atoms with Crippen molar-refractivity contribution in [1.82, 2.24) is 0 Å². The van der Waals surface area contributed by atoms with Gasteiger partial charge in [0.2, 0.25) is 0 Å². The van der Waals surface area contributed by atoms with Crippen LogP contribution in [0.4, 0.5) is 0 Å². The second kappa shape index (κ2) is 12.4. The number of hydrogen-bond acceptors (Lipinski definition) is 0. The predicted molar refractivity (Wildman–Crippen MR) is 186 cm³/mol. The first-order valence-electron chi connectivity index (χ1n) is 15.7. The third-order valence-corrected chi connectivity index (χ3v) is 24.1. The molecule has 208 valence electrons. The monoisotopic (exact) mass is 606 g/mol. The van der Waals surface area contributed by atoms with E-state index in [1.54, 1.807) is 5.57 Å². The van der Waals surface area contributed by atoms with Crippen LogP contribution in [0.2, 0.25) is 15.8 Å². The van der Waals surface area contributed by atoms with Crippen LogP contribution in [0.25, 0.3) is 11.1 Å². The van der Waals surface area contributed by atoms with Crippen molar-refractivity contribution in [3.05, 3.63) is 174 Å². The van der Waals surface area contributed by atoms with Crippen molar-refractivity contribution in [2.75, 3.05) is 0 Å². The van der Waals surface area contributed by atoms with Gasteiger partial charge in [-0.25, -0.2) is 0 Å². The summed E-state index contributed by atoms with van der Waals surface area (Å²) in [7, 11) is 0. The summed E-state index contributed by atoms with van der Waals surface area (Å²) in [6.45, 7) is 7.83. The zero-order valence-corrected chi connectivity index (χ0v) is 27.3. The van der Waals surface area contributed by atoms with Gasteiger partial charge >= 0.3 is 257 Å². The summed E-state index contributed by atoms with van der Waals surface area (Å²) < 4.78 is -0.0894. The van der Waals surface area contributed by atoms with Crippen LogP contribution in [-0.2, 0) is 4.15 Å². The first-order valence-corrected chi connectivity index (χ1v) is 21.2. The van der Waals surface area contributed by atoms with Crippen LogP contribution >= 0.6 is 0 Å². The van der Waals surface area contributed by atoms with Crippen LogP contribution in [0.1, 0.15) is 48.8 Å². The number of allylic oxidation sites excluding steroid dienone is 2. The molecule has 6 rings (SSSR count). The molecule has 0 spiro atoms. The summed E-state index contributed by atoms with van der Waals surface area (Å²) in [5.74, 6) is 0.223. The van der Waals surface area contributed by atoms with Crippen LogP contribution in [0, 0.1) is 0 Å². The Morgan fingerprint density at radius 2 is 0.952 bits per heavy atom. The summed E-state index contributed by atoms with van der Waals surface area (Å²) in [5, 5.41) is 3.85. The molecule has 1 aliphatic heterocycles. The summed E-state index contributed by atoms with van der Waals surface area (Å²) >= 11 is -2.81. The van der Waals surface area contributed by atoms with Crippen molar-refractivity contribution in [3.63, 3.8) is 0 Å². The molecule has 1 aliphatic rings. The molecule has 0 saturated heterocycles.